The fourth-order valence-corrected chi connectivity index (χ4v) is 14.8. The van der Waals surface area contributed by atoms with Crippen molar-refractivity contribution < 1.29 is 29.2 Å². The molecule has 3 saturated heterocycles. The van der Waals surface area contributed by atoms with Crippen LogP contribution in [0.3, 0.4) is 0 Å². The molecule has 8 heteroatoms. The first-order valence-electron chi connectivity index (χ1n) is 19.3. The summed E-state index contributed by atoms with van der Waals surface area (Å²) in [4.78, 5) is 5.00. The Labute approximate surface area is 284 Å². The largest absolute Gasteiger partial charge is 0.390 e. The molecule has 0 aromatic rings. The smallest absolute Gasteiger partial charge is 0.170 e. The molecule has 5 saturated carbocycles. The number of morpholine rings is 1. The minimum absolute atomic E-state index is 0.0283. The first-order chi connectivity index (χ1) is 22.0. The van der Waals surface area contributed by atoms with E-state index in [0.717, 1.165) is 45.6 Å². The third-order valence-electron chi connectivity index (χ3n) is 17.0. The Morgan fingerprint density at radius 1 is 0.957 bits per heavy atom. The molecule has 0 aromatic heterocycles. The molecule has 47 heavy (non-hydrogen) atoms. The van der Waals surface area contributed by atoms with Crippen molar-refractivity contribution in [2.75, 3.05) is 46.9 Å². The highest BCUT2D eigenvalue weighted by Crippen LogP contribution is 2.89. The van der Waals surface area contributed by atoms with E-state index in [1.165, 1.54) is 38.5 Å². The standard InChI is InChI=1S/C39H66N2O6/c1-23-18-25(33(44-9)35(4,5)43)46-31-30(23)36(6)14-15-39-22-38(39)13-12-28(47-29-21-41(16-17-45-29)24-19-40(8)20-24)34(2,3)26(38)10-11-27(39)37(36,7)32(31)42/h23-33,42-43H,10-22H2,1-9H3/t23-,25-,26+,27+,28+,29?,30+,31+,32+,33+,36-,37-,38?,39+/m1/s1. The molecule has 0 amide bonds. The van der Waals surface area contributed by atoms with Gasteiger partial charge in [-0.25, -0.2) is 0 Å². The van der Waals surface area contributed by atoms with Crippen LogP contribution in [-0.4, -0.2) is 115 Å². The van der Waals surface area contributed by atoms with Crippen LogP contribution in [0.1, 0.15) is 99.8 Å². The van der Waals surface area contributed by atoms with Crippen molar-refractivity contribution in [2.45, 2.75) is 148 Å². The van der Waals surface area contributed by atoms with E-state index in [1.54, 1.807) is 7.11 Å². The summed E-state index contributed by atoms with van der Waals surface area (Å²) in [6, 6.07) is 0.648. The summed E-state index contributed by atoms with van der Waals surface area (Å²) < 4.78 is 26.0. The lowest BCUT2D eigenvalue weighted by Gasteiger charge is -2.64. The third kappa shape index (κ3) is 4.47. The van der Waals surface area contributed by atoms with Crippen LogP contribution < -0.4 is 0 Å². The van der Waals surface area contributed by atoms with Gasteiger partial charge < -0.3 is 34.1 Å². The lowest BCUT2D eigenvalue weighted by Crippen LogP contribution is -2.62. The third-order valence-corrected chi connectivity index (χ3v) is 17.0. The summed E-state index contributed by atoms with van der Waals surface area (Å²) in [6.07, 6.45) is 8.17. The molecule has 2 unspecified atom stereocenters. The summed E-state index contributed by atoms with van der Waals surface area (Å²) in [5.74, 6) is 1.87. The number of hydrogen-bond acceptors (Lipinski definition) is 8. The van der Waals surface area contributed by atoms with Gasteiger partial charge in [-0.05, 0) is 118 Å². The van der Waals surface area contributed by atoms with Gasteiger partial charge in [-0.1, -0.05) is 34.6 Å². The number of aliphatic hydroxyl groups excluding tert-OH is 1. The van der Waals surface area contributed by atoms with Crippen LogP contribution in [0.15, 0.2) is 0 Å². The van der Waals surface area contributed by atoms with E-state index in [4.69, 9.17) is 18.9 Å². The van der Waals surface area contributed by atoms with E-state index in [0.29, 0.717) is 40.5 Å². The number of ether oxygens (including phenoxy) is 4. The van der Waals surface area contributed by atoms with Gasteiger partial charge in [0.05, 0.1) is 36.6 Å². The van der Waals surface area contributed by atoms with E-state index in [-0.39, 0.29) is 40.8 Å². The van der Waals surface area contributed by atoms with E-state index in [1.807, 2.05) is 13.8 Å². The van der Waals surface area contributed by atoms with Crippen molar-refractivity contribution in [1.82, 2.24) is 9.80 Å². The molecule has 0 radical (unpaired) electrons. The number of aliphatic hydroxyl groups is 2. The van der Waals surface area contributed by atoms with Crippen LogP contribution in [0.2, 0.25) is 0 Å². The summed E-state index contributed by atoms with van der Waals surface area (Å²) in [6.45, 7) is 21.0. The minimum Gasteiger partial charge on any atom is -0.390 e. The van der Waals surface area contributed by atoms with Crippen LogP contribution in [0.5, 0.6) is 0 Å². The topological polar surface area (TPSA) is 83.9 Å². The Hall–Kier alpha value is -0.320. The van der Waals surface area contributed by atoms with Gasteiger partial charge in [0.2, 0.25) is 0 Å². The Bertz CT molecular complexity index is 1220. The van der Waals surface area contributed by atoms with Crippen LogP contribution >= 0.6 is 0 Å². The monoisotopic (exact) mass is 658 g/mol. The van der Waals surface area contributed by atoms with Crippen LogP contribution in [-0.2, 0) is 18.9 Å². The maximum absolute atomic E-state index is 12.6. The van der Waals surface area contributed by atoms with Gasteiger partial charge in [0, 0.05) is 44.7 Å². The Morgan fingerprint density at radius 3 is 2.34 bits per heavy atom. The summed E-state index contributed by atoms with van der Waals surface area (Å²) >= 11 is 0. The van der Waals surface area contributed by atoms with Gasteiger partial charge in [0.1, 0.15) is 6.10 Å². The average Bonchev–Trinajstić information content (AvgIpc) is 3.61. The SMILES string of the molecule is CO[C@@H]([C@H]1C[C@@H](C)[C@H]2[C@H](O1)[C@H](O)[C@@]1(C)[C@@H]3CC[C@H]4C(C)(C)[C@@H](OC5CN(C6CN(C)C6)CCO5)CCC45C[C@@]35CC[C@]21C)C(C)(C)O. The first-order valence-corrected chi connectivity index (χ1v) is 19.3. The second kappa shape index (κ2) is 10.8. The van der Waals surface area contributed by atoms with Crippen molar-refractivity contribution in [3.05, 3.63) is 0 Å². The minimum atomic E-state index is -1.01. The van der Waals surface area contributed by atoms with Crippen LogP contribution in [0.25, 0.3) is 0 Å². The number of fused-ring (bicyclic) bond motifs is 4. The van der Waals surface area contributed by atoms with Crippen molar-refractivity contribution >= 4 is 0 Å². The molecule has 2 N–H and O–H groups in total. The molecule has 8 nitrogen and oxygen atoms in total. The number of methoxy groups -OCH3 is 1. The number of hydrogen-bond donors (Lipinski definition) is 2. The summed E-state index contributed by atoms with van der Waals surface area (Å²) in [5.41, 5.74) is -0.396. The summed E-state index contributed by atoms with van der Waals surface area (Å²) in [7, 11) is 3.88. The zero-order chi connectivity index (χ0) is 33.5. The summed E-state index contributed by atoms with van der Waals surface area (Å²) in [5, 5.41) is 23.5. The highest BCUT2D eigenvalue weighted by molar-refractivity contribution is 5.33. The van der Waals surface area contributed by atoms with E-state index < -0.39 is 17.8 Å². The van der Waals surface area contributed by atoms with Gasteiger partial charge >= 0.3 is 0 Å². The van der Waals surface area contributed by atoms with E-state index in [9.17, 15) is 10.2 Å². The Kier molecular flexibility index (Phi) is 7.80. The second-order valence-corrected chi connectivity index (χ2v) is 19.7. The molecule has 268 valence electrons. The van der Waals surface area contributed by atoms with Gasteiger partial charge in [0.25, 0.3) is 0 Å². The highest BCUT2D eigenvalue weighted by atomic mass is 16.7. The Morgan fingerprint density at radius 2 is 1.66 bits per heavy atom. The highest BCUT2D eigenvalue weighted by Gasteiger charge is 2.84. The first kappa shape index (κ1) is 33.8. The molecule has 8 rings (SSSR count). The molecule has 8 aliphatic rings. The predicted octanol–water partition coefficient (Wildman–Crippen LogP) is 4.94. The molecule has 2 spiro atoms. The Balaban J connectivity index is 1.02. The van der Waals surface area contributed by atoms with Crippen molar-refractivity contribution in [3.8, 4) is 0 Å². The normalized spacial score (nSPS) is 53.6. The van der Waals surface area contributed by atoms with Crippen molar-refractivity contribution in [1.29, 1.82) is 0 Å². The molecule has 8 fully saturated rings. The number of likely N-dealkylation sites (N-methyl/N-ethyl adjacent to an activating group) is 1. The average molecular weight is 659 g/mol. The molecular weight excluding hydrogens is 592 g/mol. The molecule has 5 aliphatic carbocycles. The van der Waals surface area contributed by atoms with E-state index in [2.05, 4.69) is 51.5 Å². The van der Waals surface area contributed by atoms with Crippen LogP contribution in [0, 0.1) is 50.7 Å². The lowest BCUT2D eigenvalue weighted by molar-refractivity contribution is -0.253. The van der Waals surface area contributed by atoms with Gasteiger partial charge in [-0.15, -0.1) is 0 Å². The molecule has 0 aromatic carbocycles. The quantitative estimate of drug-likeness (QED) is 0.416. The lowest BCUT2D eigenvalue weighted by atomic mass is 9.41. The zero-order valence-electron chi connectivity index (χ0n) is 31.0. The number of nitrogens with zero attached hydrogens (tertiary/aromatic N) is 2. The number of likely N-dealkylation sites (tertiary alicyclic amines) is 1. The van der Waals surface area contributed by atoms with Gasteiger partial charge in [0.15, 0.2) is 6.29 Å². The molecule has 0 bridgehead atoms. The van der Waals surface area contributed by atoms with Crippen molar-refractivity contribution in [2.24, 2.45) is 50.7 Å². The van der Waals surface area contributed by atoms with Gasteiger partial charge in [-0.3, -0.25) is 4.90 Å². The van der Waals surface area contributed by atoms with Crippen LogP contribution in [0.4, 0.5) is 0 Å². The second-order valence-electron chi connectivity index (χ2n) is 19.7. The maximum atomic E-state index is 12.6. The maximum Gasteiger partial charge on any atom is 0.170 e. The van der Waals surface area contributed by atoms with E-state index >= 15 is 0 Å². The fraction of sp³-hybridized carbons (Fsp3) is 1.00. The molecule has 14 atom stereocenters. The number of rotatable bonds is 6. The molecular formula is C39H66N2O6. The fourth-order valence-electron chi connectivity index (χ4n) is 14.8. The molecule has 3 heterocycles. The van der Waals surface area contributed by atoms with Crippen molar-refractivity contribution in [3.63, 3.8) is 0 Å². The zero-order valence-corrected chi connectivity index (χ0v) is 31.0. The molecule has 3 aliphatic heterocycles. The van der Waals surface area contributed by atoms with Gasteiger partial charge in [-0.2, -0.15) is 0 Å². The predicted molar refractivity (Wildman–Crippen MR) is 181 cm³/mol.